The predicted molar refractivity (Wildman–Crippen MR) is 64.9 cm³/mol. The Morgan fingerprint density at radius 2 is 2.06 bits per heavy atom. The van der Waals surface area contributed by atoms with Gasteiger partial charge in [0, 0.05) is 11.8 Å². The summed E-state index contributed by atoms with van der Waals surface area (Å²) in [5, 5.41) is 0. The molecular weight excluding hydrogens is 198 g/mol. The molecule has 1 aliphatic rings. The van der Waals surface area contributed by atoms with Gasteiger partial charge in [-0.25, -0.2) is 0 Å². The molecule has 2 nitrogen and oxygen atoms in total. The van der Waals surface area contributed by atoms with E-state index >= 15 is 0 Å². The summed E-state index contributed by atoms with van der Waals surface area (Å²) in [7, 11) is 0. The molecule has 16 heavy (non-hydrogen) atoms. The summed E-state index contributed by atoms with van der Waals surface area (Å²) in [5.41, 5.74) is 2.96. The third-order valence-electron chi connectivity index (χ3n) is 3.47. The lowest BCUT2D eigenvalue weighted by atomic mass is 9.95. The Bertz CT molecular complexity index is 378. The summed E-state index contributed by atoms with van der Waals surface area (Å²) < 4.78 is 0. The van der Waals surface area contributed by atoms with Gasteiger partial charge in [0.25, 0.3) is 0 Å². The van der Waals surface area contributed by atoms with Crippen LogP contribution in [0.5, 0.6) is 0 Å². The predicted octanol–water partition coefficient (Wildman–Crippen LogP) is 3.68. The second-order valence-electron chi connectivity index (χ2n) is 5.00. The Morgan fingerprint density at radius 1 is 1.38 bits per heavy atom. The van der Waals surface area contributed by atoms with Crippen LogP contribution < -0.4 is 0 Å². The summed E-state index contributed by atoms with van der Waals surface area (Å²) in [6.07, 6.45) is 8.04. The number of aromatic nitrogens is 1. The van der Waals surface area contributed by atoms with Crippen molar-refractivity contribution >= 4 is 6.29 Å². The molecule has 2 heteroatoms. The number of carbonyl (C=O) groups is 1. The number of aldehydes is 1. The summed E-state index contributed by atoms with van der Waals surface area (Å²) in [6, 6.07) is 2.05. The van der Waals surface area contributed by atoms with E-state index in [1.54, 1.807) is 0 Å². The molecular formula is C14H19NO. The van der Waals surface area contributed by atoms with Crippen LogP contribution in [-0.2, 0) is 0 Å². The second-order valence-corrected chi connectivity index (χ2v) is 5.00. The van der Waals surface area contributed by atoms with Crippen LogP contribution in [0.3, 0.4) is 0 Å². The lowest BCUT2D eigenvalue weighted by Gasteiger charge is -2.13. The molecule has 0 atom stereocenters. The highest BCUT2D eigenvalue weighted by Gasteiger charge is 2.19. The number of rotatable bonds is 3. The minimum Gasteiger partial charge on any atom is -0.298 e. The third kappa shape index (κ3) is 2.16. The van der Waals surface area contributed by atoms with Gasteiger partial charge in [-0.05, 0) is 36.3 Å². The highest BCUT2D eigenvalue weighted by atomic mass is 16.1. The van der Waals surface area contributed by atoms with Gasteiger partial charge < -0.3 is 0 Å². The Labute approximate surface area is 97.1 Å². The molecule has 0 bridgehead atoms. The summed E-state index contributed by atoms with van der Waals surface area (Å²) >= 11 is 0. The highest BCUT2D eigenvalue weighted by molar-refractivity contribution is 5.77. The molecule has 0 spiro atoms. The van der Waals surface area contributed by atoms with Crippen LogP contribution in [0.25, 0.3) is 0 Å². The van der Waals surface area contributed by atoms with Crippen LogP contribution in [0.1, 0.15) is 73.0 Å². The second kappa shape index (κ2) is 4.77. The van der Waals surface area contributed by atoms with Gasteiger partial charge in [0.2, 0.25) is 0 Å². The Morgan fingerprint density at radius 3 is 2.62 bits per heavy atom. The number of hydrogen-bond acceptors (Lipinski definition) is 2. The first-order valence-corrected chi connectivity index (χ1v) is 6.17. The molecule has 86 valence electrons. The summed E-state index contributed by atoms with van der Waals surface area (Å²) in [4.78, 5) is 15.5. The van der Waals surface area contributed by atoms with Crippen LogP contribution in [0.4, 0.5) is 0 Å². The molecule has 1 aromatic rings. The Kier molecular flexibility index (Phi) is 3.37. The van der Waals surface area contributed by atoms with Gasteiger partial charge in [0.1, 0.15) is 0 Å². The molecule has 0 aromatic carbocycles. The normalized spacial score (nSPS) is 16.9. The van der Waals surface area contributed by atoms with Crippen LogP contribution in [0, 0.1) is 0 Å². The molecule has 0 unspecified atom stereocenters. The van der Waals surface area contributed by atoms with Gasteiger partial charge in [0.05, 0.1) is 5.69 Å². The molecule has 0 saturated heterocycles. The van der Waals surface area contributed by atoms with Crippen LogP contribution in [0.15, 0.2) is 12.3 Å². The largest absolute Gasteiger partial charge is 0.298 e. The van der Waals surface area contributed by atoms with Crippen LogP contribution in [0.2, 0.25) is 0 Å². The number of nitrogens with zero attached hydrogens (tertiary/aromatic N) is 1. The van der Waals surface area contributed by atoms with Crippen molar-refractivity contribution in [1.82, 2.24) is 4.98 Å². The number of pyridine rings is 1. The minimum absolute atomic E-state index is 0.317. The maximum atomic E-state index is 11.1. The molecule has 0 N–H and O–H groups in total. The minimum atomic E-state index is 0.317. The quantitative estimate of drug-likeness (QED) is 0.723. The lowest BCUT2D eigenvalue weighted by molar-refractivity contribution is 0.112. The summed E-state index contributed by atoms with van der Waals surface area (Å²) in [6.45, 7) is 4.15. The van der Waals surface area contributed by atoms with Crippen molar-refractivity contribution in [3.63, 3.8) is 0 Å². The van der Waals surface area contributed by atoms with Crippen molar-refractivity contribution in [2.24, 2.45) is 0 Å². The first-order chi connectivity index (χ1) is 7.72. The highest BCUT2D eigenvalue weighted by Crippen LogP contribution is 2.34. The maximum Gasteiger partial charge on any atom is 0.151 e. The van der Waals surface area contributed by atoms with E-state index in [1.165, 1.54) is 31.2 Å². The fourth-order valence-electron chi connectivity index (χ4n) is 2.57. The van der Waals surface area contributed by atoms with Crippen molar-refractivity contribution in [2.75, 3.05) is 0 Å². The topological polar surface area (TPSA) is 30.0 Å². The van der Waals surface area contributed by atoms with E-state index < -0.39 is 0 Å². The average molecular weight is 217 g/mol. The first kappa shape index (κ1) is 11.3. The van der Waals surface area contributed by atoms with Gasteiger partial charge in [0.15, 0.2) is 6.29 Å². The molecule has 1 aliphatic carbocycles. The molecule has 0 amide bonds. The lowest BCUT2D eigenvalue weighted by Crippen LogP contribution is -2.03. The molecule has 1 aromatic heterocycles. The zero-order valence-electron chi connectivity index (χ0n) is 10.1. The van der Waals surface area contributed by atoms with E-state index in [1.807, 2.05) is 12.3 Å². The van der Waals surface area contributed by atoms with Gasteiger partial charge in [-0.3, -0.25) is 9.78 Å². The fourth-order valence-corrected chi connectivity index (χ4v) is 2.57. The SMILES string of the molecule is CC(C)c1ncc(C2CCCC2)cc1C=O. The zero-order valence-corrected chi connectivity index (χ0v) is 10.1. The van der Waals surface area contributed by atoms with E-state index in [0.717, 1.165) is 17.5 Å². The van der Waals surface area contributed by atoms with E-state index in [0.29, 0.717) is 11.8 Å². The molecule has 1 saturated carbocycles. The van der Waals surface area contributed by atoms with Crippen molar-refractivity contribution < 1.29 is 4.79 Å². The van der Waals surface area contributed by atoms with E-state index in [4.69, 9.17) is 0 Å². The van der Waals surface area contributed by atoms with Gasteiger partial charge in [-0.2, -0.15) is 0 Å². The van der Waals surface area contributed by atoms with Crippen molar-refractivity contribution in [3.8, 4) is 0 Å². The number of hydrogen-bond donors (Lipinski definition) is 0. The van der Waals surface area contributed by atoms with Crippen LogP contribution >= 0.6 is 0 Å². The summed E-state index contributed by atoms with van der Waals surface area (Å²) in [5.74, 6) is 0.949. The molecule has 1 heterocycles. The Balaban J connectivity index is 2.32. The smallest absolute Gasteiger partial charge is 0.151 e. The van der Waals surface area contributed by atoms with E-state index in [-0.39, 0.29) is 0 Å². The van der Waals surface area contributed by atoms with E-state index in [9.17, 15) is 4.79 Å². The number of carbonyl (C=O) groups excluding carboxylic acids is 1. The maximum absolute atomic E-state index is 11.1. The first-order valence-electron chi connectivity index (χ1n) is 6.17. The van der Waals surface area contributed by atoms with Crippen molar-refractivity contribution in [2.45, 2.75) is 51.4 Å². The average Bonchev–Trinajstić information content (AvgIpc) is 2.81. The fraction of sp³-hybridized carbons (Fsp3) is 0.571. The van der Waals surface area contributed by atoms with E-state index in [2.05, 4.69) is 18.8 Å². The van der Waals surface area contributed by atoms with Crippen molar-refractivity contribution in [1.29, 1.82) is 0 Å². The van der Waals surface area contributed by atoms with Gasteiger partial charge >= 0.3 is 0 Å². The molecule has 0 radical (unpaired) electrons. The van der Waals surface area contributed by atoms with Crippen molar-refractivity contribution in [3.05, 3.63) is 29.1 Å². The van der Waals surface area contributed by atoms with Gasteiger partial charge in [-0.1, -0.05) is 26.7 Å². The van der Waals surface area contributed by atoms with Gasteiger partial charge in [-0.15, -0.1) is 0 Å². The monoisotopic (exact) mass is 217 g/mol. The third-order valence-corrected chi connectivity index (χ3v) is 3.47. The molecule has 1 fully saturated rings. The molecule has 0 aliphatic heterocycles. The van der Waals surface area contributed by atoms with Crippen LogP contribution in [-0.4, -0.2) is 11.3 Å². The molecule has 2 rings (SSSR count). The standard InChI is InChI=1S/C14H19NO/c1-10(2)14-13(9-16)7-12(8-15-14)11-5-3-4-6-11/h7-11H,3-6H2,1-2H3. The zero-order chi connectivity index (χ0) is 11.5. The Hall–Kier alpha value is -1.18.